The van der Waals surface area contributed by atoms with Crippen molar-refractivity contribution in [2.24, 2.45) is 5.92 Å². The van der Waals surface area contributed by atoms with Crippen molar-refractivity contribution in [2.45, 2.75) is 58.0 Å². The standard InChI is InChI=1S/C16H24N2O3/c1-11-14(12(2)21-17-11)3-4-15(19)18-9-5-13(6-10-18)16(20)7-8-16/h13,20H,3-10H2,1-2H3. The molecule has 5 heteroatoms. The van der Waals surface area contributed by atoms with Gasteiger partial charge in [0.1, 0.15) is 5.76 Å². The highest BCUT2D eigenvalue weighted by Crippen LogP contribution is 2.46. The molecule has 1 N–H and O–H groups in total. The van der Waals surface area contributed by atoms with Gasteiger partial charge in [-0.1, -0.05) is 5.16 Å². The van der Waals surface area contributed by atoms with Crippen LogP contribution in [0.2, 0.25) is 0 Å². The number of nitrogens with zero attached hydrogens (tertiary/aromatic N) is 2. The summed E-state index contributed by atoms with van der Waals surface area (Å²) in [5, 5.41) is 14.1. The molecular weight excluding hydrogens is 268 g/mol. The van der Waals surface area contributed by atoms with Crippen molar-refractivity contribution < 1.29 is 14.4 Å². The van der Waals surface area contributed by atoms with E-state index in [1.165, 1.54) is 0 Å². The van der Waals surface area contributed by atoms with E-state index in [4.69, 9.17) is 4.52 Å². The van der Waals surface area contributed by atoms with Gasteiger partial charge >= 0.3 is 0 Å². The van der Waals surface area contributed by atoms with E-state index in [2.05, 4.69) is 5.16 Å². The monoisotopic (exact) mass is 292 g/mol. The largest absolute Gasteiger partial charge is 0.390 e. The topological polar surface area (TPSA) is 66.6 Å². The van der Waals surface area contributed by atoms with Crippen LogP contribution in [0.15, 0.2) is 4.52 Å². The Kier molecular flexibility index (Phi) is 3.78. The van der Waals surface area contributed by atoms with E-state index in [-0.39, 0.29) is 5.91 Å². The molecule has 1 amide bonds. The maximum Gasteiger partial charge on any atom is 0.222 e. The molecule has 0 bridgehead atoms. The normalized spacial score (nSPS) is 21.6. The molecule has 3 rings (SSSR count). The first-order valence-corrected chi connectivity index (χ1v) is 7.91. The predicted molar refractivity (Wildman–Crippen MR) is 77.8 cm³/mol. The van der Waals surface area contributed by atoms with Crippen molar-refractivity contribution >= 4 is 5.91 Å². The van der Waals surface area contributed by atoms with Gasteiger partial charge in [0.2, 0.25) is 5.91 Å². The number of amides is 1. The van der Waals surface area contributed by atoms with Crippen molar-refractivity contribution in [1.29, 1.82) is 0 Å². The van der Waals surface area contributed by atoms with Crippen molar-refractivity contribution in [2.75, 3.05) is 13.1 Å². The van der Waals surface area contributed by atoms with Crippen molar-refractivity contribution in [3.05, 3.63) is 17.0 Å². The van der Waals surface area contributed by atoms with E-state index in [0.717, 1.165) is 55.8 Å². The zero-order chi connectivity index (χ0) is 15.0. The van der Waals surface area contributed by atoms with Crippen LogP contribution in [0, 0.1) is 19.8 Å². The lowest BCUT2D eigenvalue weighted by Crippen LogP contribution is -2.42. The SMILES string of the molecule is Cc1noc(C)c1CCC(=O)N1CCC(C2(O)CC2)CC1. The first-order chi connectivity index (χ1) is 9.99. The Bertz CT molecular complexity index is 506. The molecule has 1 aromatic heterocycles. The van der Waals surface area contributed by atoms with Crippen LogP contribution in [0.1, 0.15) is 49.1 Å². The van der Waals surface area contributed by atoms with Gasteiger partial charge in [-0.15, -0.1) is 0 Å². The third-order valence-electron chi connectivity index (χ3n) is 5.14. The second-order valence-electron chi connectivity index (χ2n) is 6.56. The van der Waals surface area contributed by atoms with Crippen LogP contribution in [-0.4, -0.2) is 39.8 Å². The number of aliphatic hydroxyl groups is 1. The summed E-state index contributed by atoms with van der Waals surface area (Å²) >= 11 is 0. The Morgan fingerprint density at radius 3 is 2.57 bits per heavy atom. The van der Waals surface area contributed by atoms with Gasteiger partial charge in [-0.25, -0.2) is 0 Å². The third kappa shape index (κ3) is 2.98. The fourth-order valence-corrected chi connectivity index (χ4v) is 3.45. The molecule has 0 aromatic carbocycles. The van der Waals surface area contributed by atoms with Crippen LogP contribution >= 0.6 is 0 Å². The molecule has 2 aliphatic rings. The van der Waals surface area contributed by atoms with E-state index in [9.17, 15) is 9.90 Å². The van der Waals surface area contributed by atoms with Crippen LogP contribution in [0.4, 0.5) is 0 Å². The van der Waals surface area contributed by atoms with Gasteiger partial charge in [-0.05, 0) is 51.9 Å². The molecule has 1 aliphatic heterocycles. The molecule has 2 fully saturated rings. The molecule has 1 aromatic rings. The molecule has 5 nitrogen and oxygen atoms in total. The molecule has 0 radical (unpaired) electrons. The van der Waals surface area contributed by atoms with Crippen LogP contribution in [0.3, 0.4) is 0 Å². The van der Waals surface area contributed by atoms with Crippen LogP contribution in [0.25, 0.3) is 0 Å². The minimum absolute atomic E-state index is 0.205. The Hall–Kier alpha value is -1.36. The zero-order valence-electron chi connectivity index (χ0n) is 12.9. The number of rotatable bonds is 4. The Morgan fingerprint density at radius 1 is 1.38 bits per heavy atom. The van der Waals surface area contributed by atoms with Gasteiger partial charge in [0.15, 0.2) is 0 Å². The maximum atomic E-state index is 12.3. The van der Waals surface area contributed by atoms with E-state index >= 15 is 0 Å². The van der Waals surface area contributed by atoms with E-state index in [1.807, 2.05) is 18.7 Å². The first-order valence-electron chi connectivity index (χ1n) is 7.91. The maximum absolute atomic E-state index is 12.3. The Balaban J connectivity index is 1.48. The lowest BCUT2D eigenvalue weighted by atomic mass is 9.89. The minimum atomic E-state index is -0.397. The van der Waals surface area contributed by atoms with Gasteiger partial charge in [-0.2, -0.15) is 0 Å². The van der Waals surface area contributed by atoms with Crippen molar-refractivity contribution in [1.82, 2.24) is 10.1 Å². The highest BCUT2D eigenvalue weighted by atomic mass is 16.5. The summed E-state index contributed by atoms with van der Waals surface area (Å²) < 4.78 is 5.13. The van der Waals surface area contributed by atoms with Crippen LogP contribution in [0.5, 0.6) is 0 Å². The van der Waals surface area contributed by atoms with Crippen LogP contribution in [-0.2, 0) is 11.2 Å². The molecule has 0 unspecified atom stereocenters. The third-order valence-corrected chi connectivity index (χ3v) is 5.14. The molecule has 2 heterocycles. The quantitative estimate of drug-likeness (QED) is 0.921. The van der Waals surface area contributed by atoms with Crippen LogP contribution < -0.4 is 0 Å². The first kappa shape index (κ1) is 14.6. The van der Waals surface area contributed by atoms with E-state index < -0.39 is 5.60 Å². The number of hydrogen-bond donors (Lipinski definition) is 1. The lowest BCUT2D eigenvalue weighted by Gasteiger charge is -2.34. The molecule has 0 atom stereocenters. The van der Waals surface area contributed by atoms with Gasteiger partial charge in [0, 0.05) is 25.1 Å². The van der Waals surface area contributed by atoms with Crippen molar-refractivity contribution in [3.8, 4) is 0 Å². The summed E-state index contributed by atoms with van der Waals surface area (Å²) in [5.74, 6) is 1.41. The minimum Gasteiger partial charge on any atom is -0.390 e. The second kappa shape index (κ2) is 5.44. The van der Waals surface area contributed by atoms with Gasteiger partial charge < -0.3 is 14.5 Å². The second-order valence-corrected chi connectivity index (χ2v) is 6.56. The number of likely N-dealkylation sites (tertiary alicyclic amines) is 1. The number of piperidine rings is 1. The highest BCUT2D eigenvalue weighted by Gasteiger charge is 2.48. The molecule has 21 heavy (non-hydrogen) atoms. The number of carbonyl (C=O) groups is 1. The fourth-order valence-electron chi connectivity index (χ4n) is 3.45. The summed E-state index contributed by atoms with van der Waals surface area (Å²) in [7, 11) is 0. The zero-order valence-corrected chi connectivity index (χ0v) is 12.9. The summed E-state index contributed by atoms with van der Waals surface area (Å²) in [6.45, 7) is 5.38. The Labute approximate surface area is 125 Å². The summed E-state index contributed by atoms with van der Waals surface area (Å²) in [6, 6.07) is 0. The van der Waals surface area contributed by atoms with Gasteiger partial charge in [0.05, 0.1) is 11.3 Å². The number of aromatic nitrogens is 1. The number of carbonyl (C=O) groups excluding carboxylic acids is 1. The highest BCUT2D eigenvalue weighted by molar-refractivity contribution is 5.76. The molecule has 0 spiro atoms. The smallest absolute Gasteiger partial charge is 0.222 e. The van der Waals surface area contributed by atoms with Crippen molar-refractivity contribution in [3.63, 3.8) is 0 Å². The molecule has 116 valence electrons. The molecular formula is C16H24N2O3. The molecule has 1 aliphatic carbocycles. The number of aryl methyl sites for hydroxylation is 2. The summed E-state index contributed by atoms with van der Waals surface area (Å²) in [5.41, 5.74) is 1.55. The van der Waals surface area contributed by atoms with Gasteiger partial charge in [-0.3, -0.25) is 4.79 Å². The summed E-state index contributed by atoms with van der Waals surface area (Å²) in [6.07, 6.45) is 4.97. The van der Waals surface area contributed by atoms with Gasteiger partial charge in [0.25, 0.3) is 0 Å². The molecule has 1 saturated heterocycles. The number of hydrogen-bond acceptors (Lipinski definition) is 4. The molecule has 1 saturated carbocycles. The predicted octanol–water partition coefficient (Wildman–Crippen LogP) is 1.99. The Morgan fingerprint density at radius 2 is 2.05 bits per heavy atom. The summed E-state index contributed by atoms with van der Waals surface area (Å²) in [4.78, 5) is 14.2. The van der Waals surface area contributed by atoms with E-state index in [1.54, 1.807) is 0 Å². The average Bonchev–Trinajstić information content (AvgIpc) is 3.16. The lowest BCUT2D eigenvalue weighted by molar-refractivity contribution is -0.133. The average molecular weight is 292 g/mol. The van der Waals surface area contributed by atoms with E-state index in [0.29, 0.717) is 18.8 Å². The fraction of sp³-hybridized carbons (Fsp3) is 0.750.